The van der Waals surface area contributed by atoms with Gasteiger partial charge in [-0.25, -0.2) is 4.79 Å². The number of nitrogens with zero attached hydrogens (tertiary/aromatic N) is 3. The van der Waals surface area contributed by atoms with Crippen LogP contribution in [-0.2, 0) is 14.4 Å². The van der Waals surface area contributed by atoms with Crippen molar-refractivity contribution in [2.24, 2.45) is 16.0 Å². The minimum Gasteiger partial charge on any atom is -0.477 e. The van der Waals surface area contributed by atoms with E-state index in [1.165, 1.54) is 28.4 Å². The number of azo groups is 1. The maximum atomic E-state index is 12.7. The number of carboxylic acids is 1. The predicted molar refractivity (Wildman–Crippen MR) is 117 cm³/mol. The molecule has 0 radical (unpaired) electrons. The standard InChI is InChI=1S/C18H17N5O5S3/c19-10(8-4-2-1-3-5-8)13(24)20-11-14(25)23-12(16(26)27)9(6-29-15(11)23)7-30-18-22-21-17(28)31-18/h1-5,10-11,15,18H,6-7,19H2,(H,20,24)(H,26,27)/t10?,11?,15-,18?/m1/s1. The van der Waals surface area contributed by atoms with E-state index in [4.69, 9.17) is 5.73 Å². The molecule has 0 spiro atoms. The summed E-state index contributed by atoms with van der Waals surface area (Å²) in [6.45, 7) is 0. The van der Waals surface area contributed by atoms with Gasteiger partial charge in [0, 0.05) is 11.5 Å². The summed E-state index contributed by atoms with van der Waals surface area (Å²) in [6.07, 6.45) is 0. The van der Waals surface area contributed by atoms with Gasteiger partial charge in [0.15, 0.2) is 4.71 Å². The van der Waals surface area contributed by atoms with Gasteiger partial charge in [-0.1, -0.05) is 30.3 Å². The van der Waals surface area contributed by atoms with Gasteiger partial charge in [0.05, 0.1) is 0 Å². The maximum absolute atomic E-state index is 12.7. The van der Waals surface area contributed by atoms with E-state index in [0.717, 1.165) is 11.8 Å². The number of hydrogen-bond donors (Lipinski definition) is 3. The van der Waals surface area contributed by atoms with Crippen molar-refractivity contribution in [3.63, 3.8) is 0 Å². The second kappa shape index (κ2) is 9.02. The molecule has 4 rings (SSSR count). The Labute approximate surface area is 189 Å². The molecule has 4 N–H and O–H groups in total. The summed E-state index contributed by atoms with van der Waals surface area (Å²) in [5.74, 6) is -1.53. The number of benzene rings is 1. The molecule has 10 nitrogen and oxygen atoms in total. The first-order valence-electron chi connectivity index (χ1n) is 9.11. The molecule has 31 heavy (non-hydrogen) atoms. The fourth-order valence-corrected chi connectivity index (χ4v) is 6.57. The predicted octanol–water partition coefficient (Wildman–Crippen LogP) is 1.76. The molecule has 4 atom stereocenters. The Morgan fingerprint density at radius 1 is 1.32 bits per heavy atom. The summed E-state index contributed by atoms with van der Waals surface area (Å²) >= 11 is 3.62. The van der Waals surface area contributed by atoms with Crippen molar-refractivity contribution in [3.8, 4) is 0 Å². The summed E-state index contributed by atoms with van der Waals surface area (Å²) in [5.41, 5.74) is 7.09. The van der Waals surface area contributed by atoms with Gasteiger partial charge in [-0.3, -0.25) is 19.3 Å². The van der Waals surface area contributed by atoms with Gasteiger partial charge in [0.1, 0.15) is 23.2 Å². The maximum Gasteiger partial charge on any atom is 0.352 e. The van der Waals surface area contributed by atoms with E-state index in [9.17, 15) is 24.3 Å². The molecule has 3 aliphatic rings. The number of β-lactam (4-membered cyclic amide) rings is 1. The van der Waals surface area contributed by atoms with E-state index in [-0.39, 0.29) is 10.9 Å². The quantitative estimate of drug-likeness (QED) is 0.496. The Morgan fingerprint density at radius 3 is 2.71 bits per heavy atom. The minimum absolute atomic E-state index is 0.0784. The Kier molecular flexibility index (Phi) is 6.36. The SMILES string of the molecule is NC(C(=O)NC1C(=O)N2C(C(=O)O)=C(CSC3N=NC(=O)S3)CS[C@H]12)c1ccccc1. The normalized spacial score (nSPS) is 25.8. The highest BCUT2D eigenvalue weighted by molar-refractivity contribution is 8.25. The summed E-state index contributed by atoms with van der Waals surface area (Å²) in [7, 11) is 0. The van der Waals surface area contributed by atoms with Crippen LogP contribution in [0, 0.1) is 0 Å². The van der Waals surface area contributed by atoms with Crippen LogP contribution in [0.1, 0.15) is 11.6 Å². The number of thioether (sulfide) groups is 3. The second-order valence-corrected chi connectivity index (χ2v) is 10.3. The first-order valence-corrected chi connectivity index (χ1v) is 12.1. The van der Waals surface area contributed by atoms with E-state index < -0.39 is 39.9 Å². The van der Waals surface area contributed by atoms with Crippen molar-refractivity contribution in [2.45, 2.75) is 22.2 Å². The van der Waals surface area contributed by atoms with Crippen molar-refractivity contribution < 1.29 is 24.3 Å². The van der Waals surface area contributed by atoms with Crippen LogP contribution in [0.2, 0.25) is 0 Å². The molecule has 162 valence electrons. The number of carbonyl (C=O) groups is 4. The number of rotatable bonds is 7. The molecule has 1 fully saturated rings. The van der Waals surface area contributed by atoms with Crippen LogP contribution < -0.4 is 11.1 Å². The van der Waals surface area contributed by atoms with Crippen molar-refractivity contribution in [2.75, 3.05) is 11.5 Å². The molecule has 0 aliphatic carbocycles. The molecule has 3 aliphatic heterocycles. The zero-order valence-electron chi connectivity index (χ0n) is 15.8. The number of carboxylic acid groups (broad SMARTS) is 1. The average molecular weight is 480 g/mol. The van der Waals surface area contributed by atoms with Crippen LogP contribution in [0.15, 0.2) is 51.8 Å². The second-order valence-electron chi connectivity index (χ2n) is 6.76. The molecule has 1 aromatic rings. The number of nitrogens with one attached hydrogen (secondary N) is 1. The van der Waals surface area contributed by atoms with Gasteiger partial charge < -0.3 is 16.2 Å². The monoisotopic (exact) mass is 479 g/mol. The lowest BCUT2D eigenvalue weighted by molar-refractivity contribution is -0.150. The molecule has 1 aromatic carbocycles. The van der Waals surface area contributed by atoms with Crippen LogP contribution in [-0.4, -0.2) is 60.7 Å². The molecule has 3 amide bonds. The van der Waals surface area contributed by atoms with Crippen LogP contribution >= 0.6 is 35.3 Å². The van der Waals surface area contributed by atoms with Crippen molar-refractivity contribution in [1.29, 1.82) is 0 Å². The molecule has 1 saturated heterocycles. The zero-order valence-corrected chi connectivity index (χ0v) is 18.3. The average Bonchev–Trinajstić information content (AvgIpc) is 3.20. The van der Waals surface area contributed by atoms with Gasteiger partial charge >= 0.3 is 11.2 Å². The van der Waals surface area contributed by atoms with Crippen LogP contribution in [0.25, 0.3) is 0 Å². The lowest BCUT2D eigenvalue weighted by atomic mass is 10.0. The molecule has 3 heterocycles. The molecule has 0 saturated carbocycles. The van der Waals surface area contributed by atoms with Gasteiger partial charge in [0.2, 0.25) is 5.91 Å². The Balaban J connectivity index is 1.43. The number of carbonyl (C=O) groups excluding carboxylic acids is 3. The molecular weight excluding hydrogens is 462 g/mol. The topological polar surface area (TPSA) is 155 Å². The third-order valence-corrected chi connectivity index (χ3v) is 8.33. The fourth-order valence-electron chi connectivity index (χ4n) is 3.32. The minimum atomic E-state index is -1.21. The molecule has 0 bridgehead atoms. The highest BCUT2D eigenvalue weighted by atomic mass is 32.2. The highest BCUT2D eigenvalue weighted by Gasteiger charge is 2.54. The van der Waals surface area contributed by atoms with Crippen LogP contribution in [0.5, 0.6) is 0 Å². The summed E-state index contributed by atoms with van der Waals surface area (Å²) in [5, 5.41) is 18.7. The summed E-state index contributed by atoms with van der Waals surface area (Å²) in [4.78, 5) is 49.5. The summed E-state index contributed by atoms with van der Waals surface area (Å²) < 4.78 is -0.420. The van der Waals surface area contributed by atoms with Gasteiger partial charge in [-0.2, -0.15) is 5.11 Å². The van der Waals surface area contributed by atoms with E-state index >= 15 is 0 Å². The molecule has 0 aromatic heterocycles. The smallest absolute Gasteiger partial charge is 0.352 e. The lowest BCUT2D eigenvalue weighted by Crippen LogP contribution is -2.71. The number of amides is 3. The van der Waals surface area contributed by atoms with E-state index in [0.29, 0.717) is 22.6 Å². The summed E-state index contributed by atoms with van der Waals surface area (Å²) in [6, 6.07) is 7.01. The van der Waals surface area contributed by atoms with Crippen molar-refractivity contribution in [3.05, 3.63) is 47.2 Å². The third-order valence-electron chi connectivity index (χ3n) is 4.82. The largest absolute Gasteiger partial charge is 0.477 e. The first kappa shape index (κ1) is 21.9. The van der Waals surface area contributed by atoms with Gasteiger partial charge in [0.25, 0.3) is 5.91 Å². The lowest BCUT2D eigenvalue weighted by Gasteiger charge is -2.49. The van der Waals surface area contributed by atoms with Gasteiger partial charge in [-0.05, 0) is 22.9 Å². The van der Waals surface area contributed by atoms with E-state index in [1.807, 2.05) is 6.07 Å². The fraction of sp³-hybridized carbons (Fsp3) is 0.333. The van der Waals surface area contributed by atoms with Crippen molar-refractivity contribution in [1.82, 2.24) is 10.2 Å². The van der Waals surface area contributed by atoms with E-state index in [1.54, 1.807) is 24.3 Å². The Bertz CT molecular complexity index is 1000. The number of fused-ring (bicyclic) bond motifs is 1. The number of nitrogens with two attached hydrogens (primary N) is 1. The molecule has 13 heteroatoms. The molecular formula is C18H17N5O5S3. The number of aliphatic carboxylic acids is 1. The number of hydrogen-bond acceptors (Lipinski definition) is 9. The highest BCUT2D eigenvalue weighted by Crippen LogP contribution is 2.42. The third kappa shape index (κ3) is 4.35. The zero-order chi connectivity index (χ0) is 22.1. The van der Waals surface area contributed by atoms with Crippen molar-refractivity contribution >= 4 is 58.3 Å². The van der Waals surface area contributed by atoms with Crippen LogP contribution in [0.4, 0.5) is 4.79 Å². The molecule has 3 unspecified atom stereocenters. The Hall–Kier alpha value is -2.35. The van der Waals surface area contributed by atoms with Crippen LogP contribution in [0.3, 0.4) is 0 Å². The Morgan fingerprint density at radius 2 is 2.06 bits per heavy atom. The van der Waals surface area contributed by atoms with Gasteiger partial charge in [-0.15, -0.1) is 28.6 Å². The first-order chi connectivity index (χ1) is 14.9. The van der Waals surface area contributed by atoms with E-state index in [2.05, 4.69) is 15.5 Å².